The molecule has 7 heteroatoms. The van der Waals surface area contributed by atoms with Gasteiger partial charge < -0.3 is 10.4 Å². The molecule has 6 nitrogen and oxygen atoms in total. The Bertz CT molecular complexity index is 970. The van der Waals surface area contributed by atoms with Gasteiger partial charge in [-0.3, -0.25) is 14.9 Å². The summed E-state index contributed by atoms with van der Waals surface area (Å²) in [5.41, 5.74) is 2.18. The van der Waals surface area contributed by atoms with Crippen LogP contribution < -0.4 is 5.32 Å². The number of carbonyl (C=O) groups is 1. The molecule has 0 spiro atoms. The molecule has 130 valence electrons. The number of non-ortho nitro benzene ring substituents is 1. The maximum absolute atomic E-state index is 12.4. The van der Waals surface area contributed by atoms with Gasteiger partial charge in [-0.05, 0) is 41.5 Å². The minimum atomic E-state index is -0.584. The molecular weight excluding hydrogens is 356 g/mol. The number of amides is 1. The molecular formula is C19H13ClN2O4. The van der Waals surface area contributed by atoms with Gasteiger partial charge in [0, 0.05) is 17.8 Å². The van der Waals surface area contributed by atoms with E-state index in [2.05, 4.69) is 5.32 Å². The van der Waals surface area contributed by atoms with E-state index < -0.39 is 10.8 Å². The molecule has 0 aliphatic rings. The summed E-state index contributed by atoms with van der Waals surface area (Å²) < 4.78 is 0. The Hall–Kier alpha value is -3.38. The van der Waals surface area contributed by atoms with Crippen molar-refractivity contribution in [3.63, 3.8) is 0 Å². The largest absolute Gasteiger partial charge is 0.508 e. The zero-order chi connectivity index (χ0) is 18.7. The standard InChI is InChI=1S/C19H13ClN2O4/c20-18-10-7-15(22(25)26)11-17(18)19(24)21-14-5-1-12(2-6-14)13-3-8-16(23)9-4-13/h1-11,23H,(H,21,24). The molecule has 0 heterocycles. The van der Waals surface area contributed by atoms with Gasteiger partial charge >= 0.3 is 0 Å². The van der Waals surface area contributed by atoms with Crippen molar-refractivity contribution in [2.45, 2.75) is 0 Å². The Balaban J connectivity index is 1.79. The van der Waals surface area contributed by atoms with Crippen LogP contribution in [0, 0.1) is 10.1 Å². The number of nitrogens with one attached hydrogen (secondary N) is 1. The average Bonchev–Trinajstić information content (AvgIpc) is 2.63. The van der Waals surface area contributed by atoms with Crippen LogP contribution in [-0.4, -0.2) is 15.9 Å². The van der Waals surface area contributed by atoms with Crippen molar-refractivity contribution >= 4 is 28.9 Å². The lowest BCUT2D eigenvalue weighted by molar-refractivity contribution is -0.384. The van der Waals surface area contributed by atoms with Crippen molar-refractivity contribution in [1.82, 2.24) is 0 Å². The van der Waals surface area contributed by atoms with Crippen LogP contribution in [0.5, 0.6) is 5.75 Å². The Labute approximate surface area is 153 Å². The van der Waals surface area contributed by atoms with Gasteiger partial charge in [0.1, 0.15) is 5.75 Å². The van der Waals surface area contributed by atoms with E-state index in [0.717, 1.165) is 17.2 Å². The van der Waals surface area contributed by atoms with E-state index in [0.29, 0.717) is 5.69 Å². The third-order valence-electron chi connectivity index (χ3n) is 3.75. The van der Waals surface area contributed by atoms with Crippen molar-refractivity contribution in [3.05, 3.63) is 87.4 Å². The molecule has 2 N–H and O–H groups in total. The third-order valence-corrected chi connectivity index (χ3v) is 4.08. The van der Waals surface area contributed by atoms with Gasteiger partial charge in [-0.1, -0.05) is 35.9 Å². The quantitative estimate of drug-likeness (QED) is 0.507. The molecule has 0 aliphatic heterocycles. The van der Waals surface area contributed by atoms with E-state index in [-0.39, 0.29) is 22.0 Å². The number of nitrogens with zero attached hydrogens (tertiary/aromatic N) is 1. The average molecular weight is 369 g/mol. The third kappa shape index (κ3) is 3.81. The highest BCUT2D eigenvalue weighted by molar-refractivity contribution is 6.34. The zero-order valence-corrected chi connectivity index (χ0v) is 14.1. The normalized spacial score (nSPS) is 10.3. The summed E-state index contributed by atoms with van der Waals surface area (Å²) in [7, 11) is 0. The highest BCUT2D eigenvalue weighted by Crippen LogP contribution is 2.25. The van der Waals surface area contributed by atoms with E-state index in [9.17, 15) is 20.0 Å². The van der Waals surface area contributed by atoms with Crippen molar-refractivity contribution in [2.75, 3.05) is 5.32 Å². The Morgan fingerprint density at radius 2 is 1.54 bits per heavy atom. The number of hydrogen-bond acceptors (Lipinski definition) is 4. The van der Waals surface area contributed by atoms with E-state index in [1.807, 2.05) is 12.1 Å². The number of phenolic OH excluding ortho intramolecular Hbond substituents is 1. The van der Waals surface area contributed by atoms with Crippen LogP contribution in [0.2, 0.25) is 5.02 Å². The highest BCUT2D eigenvalue weighted by Gasteiger charge is 2.16. The van der Waals surface area contributed by atoms with Crippen molar-refractivity contribution in [1.29, 1.82) is 0 Å². The van der Waals surface area contributed by atoms with Crippen LogP contribution in [0.4, 0.5) is 11.4 Å². The molecule has 0 unspecified atom stereocenters. The van der Waals surface area contributed by atoms with Crippen molar-refractivity contribution < 1.29 is 14.8 Å². The van der Waals surface area contributed by atoms with Crippen LogP contribution in [0.25, 0.3) is 11.1 Å². The van der Waals surface area contributed by atoms with Gasteiger partial charge in [0.2, 0.25) is 0 Å². The second-order valence-corrected chi connectivity index (χ2v) is 5.91. The van der Waals surface area contributed by atoms with Crippen molar-refractivity contribution in [3.8, 4) is 16.9 Å². The van der Waals surface area contributed by atoms with Crippen LogP contribution in [-0.2, 0) is 0 Å². The summed E-state index contributed by atoms with van der Waals surface area (Å²) in [6.07, 6.45) is 0. The smallest absolute Gasteiger partial charge is 0.270 e. The minimum absolute atomic E-state index is 0.0310. The summed E-state index contributed by atoms with van der Waals surface area (Å²) in [4.78, 5) is 22.6. The number of nitro groups is 1. The number of halogens is 1. The fourth-order valence-corrected chi connectivity index (χ4v) is 2.60. The molecule has 0 saturated heterocycles. The van der Waals surface area contributed by atoms with Gasteiger partial charge in [-0.25, -0.2) is 0 Å². The van der Waals surface area contributed by atoms with Gasteiger partial charge in [0.05, 0.1) is 15.5 Å². The molecule has 3 aromatic carbocycles. The maximum atomic E-state index is 12.4. The van der Waals surface area contributed by atoms with Crippen LogP contribution in [0.15, 0.2) is 66.7 Å². The topological polar surface area (TPSA) is 92.5 Å². The Morgan fingerprint density at radius 3 is 2.12 bits per heavy atom. The van der Waals surface area contributed by atoms with E-state index >= 15 is 0 Å². The van der Waals surface area contributed by atoms with E-state index in [4.69, 9.17) is 11.6 Å². The fourth-order valence-electron chi connectivity index (χ4n) is 2.40. The zero-order valence-electron chi connectivity index (χ0n) is 13.3. The first-order chi connectivity index (χ1) is 12.4. The number of rotatable bonds is 4. The second-order valence-electron chi connectivity index (χ2n) is 5.50. The first kappa shape index (κ1) is 17.4. The Morgan fingerprint density at radius 1 is 0.962 bits per heavy atom. The molecule has 0 atom stereocenters. The lowest BCUT2D eigenvalue weighted by Gasteiger charge is -2.08. The number of benzene rings is 3. The molecule has 0 radical (unpaired) electrons. The number of carbonyl (C=O) groups excluding carboxylic acids is 1. The molecule has 1 amide bonds. The summed E-state index contributed by atoms with van der Waals surface area (Å²) in [6, 6.07) is 17.5. The number of anilines is 1. The predicted molar refractivity (Wildman–Crippen MR) is 99.6 cm³/mol. The van der Waals surface area contributed by atoms with Crippen LogP contribution >= 0.6 is 11.6 Å². The minimum Gasteiger partial charge on any atom is -0.508 e. The van der Waals surface area contributed by atoms with Gasteiger partial charge in [-0.15, -0.1) is 0 Å². The second kappa shape index (κ2) is 7.25. The van der Waals surface area contributed by atoms with E-state index in [1.165, 1.54) is 12.1 Å². The van der Waals surface area contributed by atoms with E-state index in [1.54, 1.807) is 36.4 Å². The summed E-state index contributed by atoms with van der Waals surface area (Å²) in [5.74, 6) is -0.345. The SMILES string of the molecule is O=C(Nc1ccc(-c2ccc(O)cc2)cc1)c1cc([N+](=O)[O-])ccc1Cl. The first-order valence-corrected chi connectivity index (χ1v) is 7.96. The number of nitro benzene ring substituents is 1. The fraction of sp³-hybridized carbons (Fsp3) is 0. The van der Waals surface area contributed by atoms with Crippen LogP contribution in [0.3, 0.4) is 0 Å². The van der Waals surface area contributed by atoms with Gasteiger partial charge in [0.25, 0.3) is 11.6 Å². The Kier molecular flexibility index (Phi) is 4.86. The van der Waals surface area contributed by atoms with Crippen LogP contribution in [0.1, 0.15) is 10.4 Å². The summed E-state index contributed by atoms with van der Waals surface area (Å²) in [6.45, 7) is 0. The molecule has 0 saturated carbocycles. The lowest BCUT2D eigenvalue weighted by Crippen LogP contribution is -2.12. The monoisotopic (exact) mass is 368 g/mol. The molecule has 0 aromatic heterocycles. The lowest BCUT2D eigenvalue weighted by atomic mass is 10.1. The van der Waals surface area contributed by atoms with Crippen molar-refractivity contribution in [2.24, 2.45) is 0 Å². The van der Waals surface area contributed by atoms with Gasteiger partial charge in [-0.2, -0.15) is 0 Å². The predicted octanol–water partition coefficient (Wildman–Crippen LogP) is 4.87. The molecule has 3 rings (SSSR count). The molecule has 0 aliphatic carbocycles. The number of hydrogen-bond donors (Lipinski definition) is 2. The molecule has 0 bridgehead atoms. The molecule has 3 aromatic rings. The molecule has 0 fully saturated rings. The summed E-state index contributed by atoms with van der Waals surface area (Å²) in [5, 5.41) is 23.0. The summed E-state index contributed by atoms with van der Waals surface area (Å²) >= 11 is 5.98. The van der Waals surface area contributed by atoms with Gasteiger partial charge in [0.15, 0.2) is 0 Å². The number of phenols is 1. The highest BCUT2D eigenvalue weighted by atomic mass is 35.5. The maximum Gasteiger partial charge on any atom is 0.270 e. The number of aromatic hydroxyl groups is 1. The molecule has 26 heavy (non-hydrogen) atoms. The first-order valence-electron chi connectivity index (χ1n) is 7.59.